The van der Waals surface area contributed by atoms with Gasteiger partial charge in [0.05, 0.1) is 28.6 Å². The highest BCUT2D eigenvalue weighted by atomic mass is 16.3. The Morgan fingerprint density at radius 2 is 1.07 bits per heavy atom. The Morgan fingerprint density at radius 3 is 1.82 bits per heavy atom. The summed E-state index contributed by atoms with van der Waals surface area (Å²) in [6.07, 6.45) is 0. The Kier molecular flexibility index (Phi) is 5.20. The summed E-state index contributed by atoms with van der Waals surface area (Å²) >= 11 is 0. The quantitative estimate of drug-likeness (QED) is 0.187. The van der Waals surface area contributed by atoms with E-state index in [4.69, 9.17) is 11.0 Å². The first-order valence-electron chi connectivity index (χ1n) is 15.3. The van der Waals surface area contributed by atoms with Gasteiger partial charge in [-0.05, 0) is 89.2 Å². The molecule has 9 aromatic rings. The summed E-state index contributed by atoms with van der Waals surface area (Å²) in [7, 11) is 0. The lowest BCUT2D eigenvalue weighted by atomic mass is 9.86. The zero-order valence-corrected chi connectivity index (χ0v) is 25.3. The SMILES string of the molecule is [C-]#[N+]c1ccc2c(c1)c1ccccc1n2-c1ccc2c(c1)c1cc(C(C)(C)C)ccc1n2-c1ccc2oc3ccccc3c2c1. The highest BCUT2D eigenvalue weighted by Crippen LogP contribution is 2.40. The average molecular weight is 580 g/mol. The summed E-state index contributed by atoms with van der Waals surface area (Å²) < 4.78 is 10.9. The van der Waals surface area contributed by atoms with E-state index in [0.29, 0.717) is 5.69 Å². The van der Waals surface area contributed by atoms with E-state index in [0.717, 1.165) is 60.6 Å². The molecule has 0 saturated carbocycles. The van der Waals surface area contributed by atoms with Crippen LogP contribution in [0, 0.1) is 6.57 Å². The minimum absolute atomic E-state index is 0.0162. The van der Waals surface area contributed by atoms with Crippen molar-refractivity contribution in [1.29, 1.82) is 0 Å². The zero-order valence-electron chi connectivity index (χ0n) is 25.3. The summed E-state index contributed by atoms with van der Waals surface area (Å²) in [5.74, 6) is 0. The third kappa shape index (κ3) is 3.71. The molecule has 0 unspecified atom stereocenters. The lowest BCUT2D eigenvalue weighted by molar-refractivity contribution is 0.591. The van der Waals surface area contributed by atoms with Crippen LogP contribution < -0.4 is 0 Å². The molecule has 3 heterocycles. The topological polar surface area (TPSA) is 27.4 Å². The fourth-order valence-corrected chi connectivity index (χ4v) is 7.06. The van der Waals surface area contributed by atoms with Crippen molar-refractivity contribution in [2.45, 2.75) is 26.2 Å². The van der Waals surface area contributed by atoms with Crippen molar-refractivity contribution in [2.24, 2.45) is 0 Å². The van der Waals surface area contributed by atoms with Gasteiger partial charge >= 0.3 is 0 Å². The molecule has 4 heteroatoms. The summed E-state index contributed by atoms with van der Waals surface area (Å²) in [4.78, 5) is 3.71. The molecule has 0 fully saturated rings. The number of fused-ring (bicyclic) bond motifs is 9. The van der Waals surface area contributed by atoms with Crippen molar-refractivity contribution in [3.05, 3.63) is 138 Å². The van der Waals surface area contributed by atoms with E-state index < -0.39 is 0 Å². The highest BCUT2D eigenvalue weighted by molar-refractivity contribution is 6.13. The summed E-state index contributed by atoms with van der Waals surface area (Å²) in [6.45, 7) is 14.4. The van der Waals surface area contributed by atoms with Crippen molar-refractivity contribution in [1.82, 2.24) is 9.13 Å². The van der Waals surface area contributed by atoms with Crippen molar-refractivity contribution in [3.8, 4) is 11.4 Å². The minimum atomic E-state index is 0.0162. The number of hydrogen-bond acceptors (Lipinski definition) is 1. The molecule has 0 aliphatic heterocycles. The van der Waals surface area contributed by atoms with Gasteiger partial charge in [0.25, 0.3) is 0 Å². The fraction of sp³-hybridized carbons (Fsp3) is 0.0976. The Labute approximate surface area is 260 Å². The van der Waals surface area contributed by atoms with Gasteiger partial charge in [0.2, 0.25) is 0 Å². The molecular formula is C41H29N3O. The third-order valence-corrected chi connectivity index (χ3v) is 9.28. The number of para-hydroxylation sites is 2. The second kappa shape index (κ2) is 9.11. The lowest BCUT2D eigenvalue weighted by Crippen LogP contribution is -2.10. The Morgan fingerprint density at radius 1 is 0.511 bits per heavy atom. The number of rotatable bonds is 2. The van der Waals surface area contributed by atoms with Crippen LogP contribution in [0.15, 0.2) is 126 Å². The molecule has 0 aliphatic rings. The number of furan rings is 1. The van der Waals surface area contributed by atoms with E-state index in [9.17, 15) is 0 Å². The van der Waals surface area contributed by atoms with Crippen LogP contribution in [0.3, 0.4) is 0 Å². The van der Waals surface area contributed by atoms with Crippen LogP contribution in [-0.4, -0.2) is 9.13 Å². The summed E-state index contributed by atoms with van der Waals surface area (Å²) in [5, 5.41) is 6.92. The molecule has 3 aromatic heterocycles. The first-order valence-corrected chi connectivity index (χ1v) is 15.3. The van der Waals surface area contributed by atoms with E-state index in [2.05, 4.69) is 132 Å². The normalized spacial score (nSPS) is 12.3. The first-order chi connectivity index (χ1) is 21.9. The van der Waals surface area contributed by atoms with Gasteiger partial charge in [-0.1, -0.05) is 69.3 Å². The predicted molar refractivity (Wildman–Crippen MR) is 187 cm³/mol. The van der Waals surface area contributed by atoms with Gasteiger partial charge in [0.15, 0.2) is 5.69 Å². The van der Waals surface area contributed by atoms with Gasteiger partial charge in [0.1, 0.15) is 11.2 Å². The number of nitrogens with zero attached hydrogens (tertiary/aromatic N) is 3. The molecule has 0 amide bonds. The molecule has 0 radical (unpaired) electrons. The van der Waals surface area contributed by atoms with Crippen molar-refractivity contribution in [3.63, 3.8) is 0 Å². The molecular weight excluding hydrogens is 550 g/mol. The predicted octanol–water partition coefficient (Wildman–Crippen LogP) is 11.6. The van der Waals surface area contributed by atoms with Crippen LogP contribution in [0.4, 0.5) is 5.69 Å². The van der Waals surface area contributed by atoms with Crippen molar-refractivity contribution in [2.75, 3.05) is 0 Å². The van der Waals surface area contributed by atoms with Crippen LogP contribution >= 0.6 is 0 Å². The number of hydrogen-bond donors (Lipinski definition) is 0. The van der Waals surface area contributed by atoms with Gasteiger partial charge in [-0.2, -0.15) is 0 Å². The molecule has 0 spiro atoms. The van der Waals surface area contributed by atoms with Gasteiger partial charge in [-0.15, -0.1) is 0 Å². The largest absolute Gasteiger partial charge is 0.456 e. The van der Waals surface area contributed by atoms with Crippen LogP contribution in [0.5, 0.6) is 0 Å². The molecule has 4 nitrogen and oxygen atoms in total. The summed E-state index contributed by atoms with van der Waals surface area (Å²) in [6, 6.07) is 43.0. The zero-order chi connectivity index (χ0) is 30.4. The second-order valence-electron chi connectivity index (χ2n) is 13.0. The Balaban J connectivity index is 1.36. The van der Waals surface area contributed by atoms with Gasteiger partial charge in [0, 0.05) is 38.3 Å². The summed E-state index contributed by atoms with van der Waals surface area (Å²) in [5.41, 5.74) is 10.5. The van der Waals surface area contributed by atoms with Gasteiger partial charge < -0.3 is 13.6 Å². The second-order valence-corrected chi connectivity index (χ2v) is 13.0. The van der Waals surface area contributed by atoms with E-state index in [1.807, 2.05) is 24.3 Å². The van der Waals surface area contributed by atoms with Gasteiger partial charge in [-0.3, -0.25) is 0 Å². The molecule has 0 saturated heterocycles. The molecule has 0 N–H and O–H groups in total. The number of benzene rings is 6. The highest BCUT2D eigenvalue weighted by Gasteiger charge is 2.20. The standard InChI is InChI=1S/C41H29N3O/c1-41(2,3)25-13-17-36-31(21-25)33-23-27(43-35-11-7-5-9-29(35)32-22-26(42-4)14-18-37(32)43)15-19-38(33)44(36)28-16-20-40-34(24-28)30-10-6-8-12-39(30)45-40/h5-24H,1-3H3. The van der Waals surface area contributed by atoms with E-state index in [-0.39, 0.29) is 5.41 Å². The van der Waals surface area contributed by atoms with Crippen molar-refractivity contribution >= 4 is 71.2 Å². The van der Waals surface area contributed by atoms with Crippen LogP contribution in [0.25, 0.3) is 81.8 Å². The Hall–Kier alpha value is -5.79. The van der Waals surface area contributed by atoms with E-state index in [1.54, 1.807) is 0 Å². The van der Waals surface area contributed by atoms with E-state index >= 15 is 0 Å². The molecule has 0 aliphatic carbocycles. The maximum atomic E-state index is 7.58. The fourth-order valence-electron chi connectivity index (χ4n) is 7.06. The monoisotopic (exact) mass is 579 g/mol. The molecule has 214 valence electrons. The molecule has 0 bridgehead atoms. The Bertz CT molecular complexity index is 2700. The first kappa shape index (κ1) is 25.7. The smallest absolute Gasteiger partial charge is 0.188 e. The average Bonchev–Trinajstić information content (AvgIpc) is 3.70. The van der Waals surface area contributed by atoms with Crippen molar-refractivity contribution < 1.29 is 4.42 Å². The van der Waals surface area contributed by atoms with Crippen LogP contribution in [-0.2, 0) is 5.41 Å². The van der Waals surface area contributed by atoms with E-state index in [1.165, 1.54) is 21.9 Å². The molecule has 6 aromatic carbocycles. The minimum Gasteiger partial charge on any atom is -0.456 e. The van der Waals surface area contributed by atoms with Crippen LogP contribution in [0.1, 0.15) is 26.3 Å². The van der Waals surface area contributed by atoms with Crippen LogP contribution in [0.2, 0.25) is 0 Å². The maximum absolute atomic E-state index is 7.58. The molecule has 45 heavy (non-hydrogen) atoms. The number of aromatic nitrogens is 2. The maximum Gasteiger partial charge on any atom is 0.188 e. The lowest BCUT2D eigenvalue weighted by Gasteiger charge is -2.19. The molecule has 0 atom stereocenters. The molecule has 9 rings (SSSR count). The third-order valence-electron chi connectivity index (χ3n) is 9.28. The van der Waals surface area contributed by atoms with Gasteiger partial charge in [-0.25, -0.2) is 4.85 Å².